The van der Waals surface area contributed by atoms with E-state index in [4.69, 9.17) is 9.84 Å². The third kappa shape index (κ3) is 5.04. The number of hydrogen-bond donors (Lipinski definition) is 3. The number of ether oxygens (including phenoxy) is 1. The first-order valence-corrected chi connectivity index (χ1v) is 5.92. The van der Waals surface area contributed by atoms with Gasteiger partial charge < -0.3 is 20.5 Å². The Kier molecular flexibility index (Phi) is 5.76. The van der Waals surface area contributed by atoms with Crippen LogP contribution in [0.25, 0.3) is 0 Å². The van der Waals surface area contributed by atoms with Crippen molar-refractivity contribution in [3.8, 4) is 0 Å². The van der Waals surface area contributed by atoms with Crippen molar-refractivity contribution >= 4 is 12.0 Å². The molecule has 0 bridgehead atoms. The molecule has 0 radical (unpaired) electrons. The topological polar surface area (TPSA) is 87.7 Å². The van der Waals surface area contributed by atoms with Gasteiger partial charge in [0.05, 0.1) is 0 Å². The van der Waals surface area contributed by atoms with Crippen LogP contribution in [0.3, 0.4) is 0 Å². The minimum Gasteiger partial charge on any atom is -0.480 e. The van der Waals surface area contributed by atoms with Crippen LogP contribution in [0.4, 0.5) is 4.79 Å². The molecule has 1 aliphatic rings. The number of carboxylic acid groups (broad SMARTS) is 1. The van der Waals surface area contributed by atoms with Gasteiger partial charge in [0.1, 0.15) is 6.04 Å². The lowest BCUT2D eigenvalue weighted by atomic mass is 10.2. The summed E-state index contributed by atoms with van der Waals surface area (Å²) >= 11 is 0. The van der Waals surface area contributed by atoms with E-state index in [2.05, 4.69) is 10.6 Å². The maximum absolute atomic E-state index is 11.6. The minimum atomic E-state index is -1.04. The highest BCUT2D eigenvalue weighted by Gasteiger charge is 2.22. The van der Waals surface area contributed by atoms with E-state index >= 15 is 0 Å². The molecule has 0 heterocycles. The summed E-state index contributed by atoms with van der Waals surface area (Å²) in [6, 6.07) is -1.11. The predicted molar refractivity (Wildman–Crippen MR) is 61.8 cm³/mol. The number of hydrogen-bond acceptors (Lipinski definition) is 3. The molecule has 0 aromatic heterocycles. The lowest BCUT2D eigenvalue weighted by Crippen LogP contribution is -2.48. The Labute approximate surface area is 101 Å². The van der Waals surface area contributed by atoms with Gasteiger partial charge >= 0.3 is 12.0 Å². The van der Waals surface area contributed by atoms with Gasteiger partial charge in [0.2, 0.25) is 0 Å². The SMILES string of the molecule is COCCC(NC(=O)NC1CCCC1)C(=O)O. The summed E-state index contributed by atoms with van der Waals surface area (Å²) in [7, 11) is 1.50. The van der Waals surface area contributed by atoms with E-state index in [9.17, 15) is 9.59 Å². The molecule has 0 aliphatic heterocycles. The molecule has 1 saturated carbocycles. The van der Waals surface area contributed by atoms with Crippen LogP contribution in [0.15, 0.2) is 0 Å². The number of aliphatic carboxylic acids is 1. The van der Waals surface area contributed by atoms with Crippen LogP contribution in [0.5, 0.6) is 0 Å². The van der Waals surface area contributed by atoms with Crippen LogP contribution in [0.1, 0.15) is 32.1 Å². The quantitative estimate of drug-likeness (QED) is 0.642. The third-order valence-electron chi connectivity index (χ3n) is 2.90. The number of urea groups is 1. The highest BCUT2D eigenvalue weighted by molar-refractivity contribution is 5.82. The summed E-state index contributed by atoms with van der Waals surface area (Å²) < 4.78 is 4.80. The maximum atomic E-state index is 11.6. The molecular weight excluding hydrogens is 224 g/mol. The molecular formula is C11H20N2O4. The smallest absolute Gasteiger partial charge is 0.326 e. The van der Waals surface area contributed by atoms with E-state index in [-0.39, 0.29) is 12.5 Å². The summed E-state index contributed by atoms with van der Waals surface area (Å²) in [6.45, 7) is 0.306. The molecule has 2 amide bonds. The van der Waals surface area contributed by atoms with Crippen LogP contribution >= 0.6 is 0 Å². The van der Waals surface area contributed by atoms with Crippen LogP contribution in [-0.2, 0) is 9.53 Å². The first-order valence-electron chi connectivity index (χ1n) is 5.92. The predicted octanol–water partition coefficient (Wildman–Crippen LogP) is 0.718. The Morgan fingerprint density at radius 3 is 2.59 bits per heavy atom. The zero-order valence-corrected chi connectivity index (χ0v) is 10.1. The number of amides is 2. The zero-order valence-electron chi connectivity index (χ0n) is 10.1. The van der Waals surface area contributed by atoms with Gasteiger partial charge in [-0.05, 0) is 12.8 Å². The number of methoxy groups -OCH3 is 1. The fraction of sp³-hybridized carbons (Fsp3) is 0.818. The van der Waals surface area contributed by atoms with Gasteiger partial charge in [-0.15, -0.1) is 0 Å². The number of nitrogens with one attached hydrogen (secondary N) is 2. The second kappa shape index (κ2) is 7.11. The summed E-state index contributed by atoms with van der Waals surface area (Å²) in [6.07, 6.45) is 4.46. The molecule has 0 saturated heterocycles. The monoisotopic (exact) mass is 244 g/mol. The molecule has 0 aromatic rings. The van der Waals surface area contributed by atoms with Crippen LogP contribution in [-0.4, -0.2) is 42.9 Å². The van der Waals surface area contributed by atoms with Gasteiger partial charge in [0.15, 0.2) is 0 Å². The summed E-state index contributed by atoms with van der Waals surface area (Å²) in [4.78, 5) is 22.4. The molecule has 1 aliphatic carbocycles. The lowest BCUT2D eigenvalue weighted by Gasteiger charge is -2.17. The first kappa shape index (κ1) is 13.8. The average molecular weight is 244 g/mol. The molecule has 1 rings (SSSR count). The van der Waals surface area contributed by atoms with Crippen molar-refractivity contribution in [3.05, 3.63) is 0 Å². The van der Waals surface area contributed by atoms with E-state index in [0.29, 0.717) is 6.61 Å². The van der Waals surface area contributed by atoms with Gasteiger partial charge in [0.25, 0.3) is 0 Å². The van der Waals surface area contributed by atoms with Crippen molar-refractivity contribution < 1.29 is 19.4 Å². The number of carboxylic acids is 1. The van der Waals surface area contributed by atoms with Crippen molar-refractivity contribution in [2.24, 2.45) is 0 Å². The zero-order chi connectivity index (χ0) is 12.7. The van der Waals surface area contributed by atoms with E-state index in [0.717, 1.165) is 25.7 Å². The van der Waals surface area contributed by atoms with Gasteiger partial charge in [-0.2, -0.15) is 0 Å². The standard InChI is InChI=1S/C11H20N2O4/c1-17-7-6-9(10(14)15)13-11(16)12-8-4-2-3-5-8/h8-9H,2-7H2,1H3,(H,14,15)(H2,12,13,16). The summed E-state index contributed by atoms with van der Waals surface area (Å²) in [5.74, 6) is -1.04. The fourth-order valence-electron chi connectivity index (χ4n) is 1.95. The van der Waals surface area contributed by atoms with Gasteiger partial charge in [-0.1, -0.05) is 12.8 Å². The van der Waals surface area contributed by atoms with Crippen molar-refractivity contribution in [2.75, 3.05) is 13.7 Å². The lowest BCUT2D eigenvalue weighted by molar-refractivity contribution is -0.139. The molecule has 98 valence electrons. The summed E-state index contributed by atoms with van der Waals surface area (Å²) in [5, 5.41) is 14.1. The molecule has 1 atom stereocenters. The fourth-order valence-corrected chi connectivity index (χ4v) is 1.95. The van der Waals surface area contributed by atoms with E-state index in [1.807, 2.05) is 0 Å². The van der Waals surface area contributed by atoms with Gasteiger partial charge in [-0.25, -0.2) is 9.59 Å². The van der Waals surface area contributed by atoms with Gasteiger partial charge in [0, 0.05) is 26.2 Å². The Morgan fingerprint density at radius 2 is 2.06 bits per heavy atom. The molecule has 0 spiro atoms. The number of rotatable bonds is 6. The molecule has 1 fully saturated rings. The molecule has 6 nitrogen and oxygen atoms in total. The Balaban J connectivity index is 2.32. The first-order chi connectivity index (χ1) is 8.13. The van der Waals surface area contributed by atoms with E-state index < -0.39 is 18.0 Å². The van der Waals surface area contributed by atoms with Crippen molar-refractivity contribution in [1.29, 1.82) is 0 Å². The second-order valence-corrected chi connectivity index (χ2v) is 4.27. The highest BCUT2D eigenvalue weighted by Crippen LogP contribution is 2.17. The normalized spacial score (nSPS) is 17.7. The van der Waals surface area contributed by atoms with Gasteiger partial charge in [-0.3, -0.25) is 0 Å². The average Bonchev–Trinajstić information content (AvgIpc) is 2.76. The van der Waals surface area contributed by atoms with Crippen molar-refractivity contribution in [3.63, 3.8) is 0 Å². The molecule has 3 N–H and O–H groups in total. The van der Waals surface area contributed by atoms with Crippen LogP contribution in [0, 0.1) is 0 Å². The second-order valence-electron chi connectivity index (χ2n) is 4.27. The minimum absolute atomic E-state index is 0.187. The maximum Gasteiger partial charge on any atom is 0.326 e. The van der Waals surface area contributed by atoms with Crippen LogP contribution in [0.2, 0.25) is 0 Å². The molecule has 6 heteroatoms. The number of carbonyl (C=O) groups excluding carboxylic acids is 1. The van der Waals surface area contributed by atoms with E-state index in [1.54, 1.807) is 0 Å². The Hall–Kier alpha value is -1.30. The largest absolute Gasteiger partial charge is 0.480 e. The Morgan fingerprint density at radius 1 is 1.41 bits per heavy atom. The third-order valence-corrected chi connectivity index (χ3v) is 2.90. The van der Waals surface area contributed by atoms with Crippen molar-refractivity contribution in [1.82, 2.24) is 10.6 Å². The van der Waals surface area contributed by atoms with Crippen LogP contribution < -0.4 is 10.6 Å². The van der Waals surface area contributed by atoms with E-state index in [1.165, 1.54) is 7.11 Å². The highest BCUT2D eigenvalue weighted by atomic mass is 16.5. The summed E-state index contributed by atoms with van der Waals surface area (Å²) in [5.41, 5.74) is 0. The molecule has 0 aromatic carbocycles. The molecule has 1 unspecified atom stereocenters. The van der Waals surface area contributed by atoms with Crippen molar-refractivity contribution in [2.45, 2.75) is 44.2 Å². The molecule has 17 heavy (non-hydrogen) atoms. The number of carbonyl (C=O) groups is 2. The Bertz CT molecular complexity index is 264.